The van der Waals surface area contributed by atoms with Gasteiger partial charge < -0.3 is 4.74 Å². The Kier molecular flexibility index (Phi) is 4.52. The first-order valence-electron chi connectivity index (χ1n) is 4.75. The van der Waals surface area contributed by atoms with Gasteiger partial charge in [-0.3, -0.25) is 0 Å². The van der Waals surface area contributed by atoms with Gasteiger partial charge in [-0.2, -0.15) is 13.2 Å². The number of pyridine rings is 1. The van der Waals surface area contributed by atoms with Crippen LogP contribution in [0.15, 0.2) is 18.3 Å². The quantitative estimate of drug-likeness (QED) is 0.878. The van der Waals surface area contributed by atoms with E-state index >= 15 is 0 Å². The summed E-state index contributed by atoms with van der Waals surface area (Å²) in [5, 5.41) is 0. The number of alkyl halides is 3. The third kappa shape index (κ3) is 5.82. The molecule has 0 spiro atoms. The molecule has 9 heteroatoms. The summed E-state index contributed by atoms with van der Waals surface area (Å²) in [5.41, 5.74) is 0.229. The summed E-state index contributed by atoms with van der Waals surface area (Å²) < 4.78 is 64.4. The number of aromatic nitrogens is 1. The summed E-state index contributed by atoms with van der Waals surface area (Å²) in [4.78, 5) is 3.63. The molecule has 0 aromatic carbocycles. The minimum atomic E-state index is -4.47. The fraction of sp³-hybridized carbons (Fsp3) is 0.444. The lowest BCUT2D eigenvalue weighted by atomic mass is 10.3. The minimum absolute atomic E-state index is 0.181. The number of nitrogens with zero attached hydrogens (tertiary/aromatic N) is 1. The van der Waals surface area contributed by atoms with Gasteiger partial charge >= 0.3 is 6.18 Å². The highest BCUT2D eigenvalue weighted by Crippen LogP contribution is 2.19. The van der Waals surface area contributed by atoms with Crippen molar-refractivity contribution >= 4 is 10.0 Å². The fourth-order valence-corrected chi connectivity index (χ4v) is 1.47. The summed E-state index contributed by atoms with van der Waals surface area (Å²) in [5.74, 6) is -0.244. The second kappa shape index (κ2) is 5.53. The SMILES string of the molecule is CS(=O)(=O)NCc1cccnc1OCC(F)(F)F. The van der Waals surface area contributed by atoms with Crippen molar-refractivity contribution in [2.75, 3.05) is 12.9 Å². The third-order valence-corrected chi connectivity index (χ3v) is 2.42. The van der Waals surface area contributed by atoms with Crippen molar-refractivity contribution in [1.29, 1.82) is 0 Å². The maximum Gasteiger partial charge on any atom is 0.422 e. The van der Waals surface area contributed by atoms with Crippen LogP contribution in [0.2, 0.25) is 0 Å². The lowest BCUT2D eigenvalue weighted by Crippen LogP contribution is -2.23. The van der Waals surface area contributed by atoms with E-state index in [9.17, 15) is 21.6 Å². The van der Waals surface area contributed by atoms with Crippen molar-refractivity contribution in [1.82, 2.24) is 9.71 Å². The fourth-order valence-electron chi connectivity index (χ4n) is 1.05. The van der Waals surface area contributed by atoms with E-state index in [1.54, 1.807) is 0 Å². The van der Waals surface area contributed by atoms with Crippen molar-refractivity contribution in [3.63, 3.8) is 0 Å². The predicted octanol–water partition coefficient (Wildman–Crippen LogP) is 1.07. The number of hydrogen-bond acceptors (Lipinski definition) is 4. The molecule has 18 heavy (non-hydrogen) atoms. The van der Waals surface area contributed by atoms with Crippen molar-refractivity contribution < 1.29 is 26.3 Å². The molecule has 1 rings (SSSR count). The zero-order valence-electron chi connectivity index (χ0n) is 9.36. The topological polar surface area (TPSA) is 68.3 Å². The van der Waals surface area contributed by atoms with Crippen LogP contribution in [0.25, 0.3) is 0 Å². The molecule has 0 atom stereocenters. The molecule has 0 saturated heterocycles. The van der Waals surface area contributed by atoms with Crippen molar-refractivity contribution in [2.45, 2.75) is 12.7 Å². The second-order valence-corrected chi connectivity index (χ2v) is 5.30. The molecular weight excluding hydrogens is 273 g/mol. The van der Waals surface area contributed by atoms with Gasteiger partial charge in [-0.05, 0) is 6.07 Å². The lowest BCUT2D eigenvalue weighted by molar-refractivity contribution is -0.154. The molecule has 0 aliphatic heterocycles. The van der Waals surface area contributed by atoms with E-state index in [-0.39, 0.29) is 18.0 Å². The van der Waals surface area contributed by atoms with Crippen LogP contribution < -0.4 is 9.46 Å². The van der Waals surface area contributed by atoms with Gasteiger partial charge in [0, 0.05) is 18.3 Å². The van der Waals surface area contributed by atoms with Crippen LogP contribution in [0.5, 0.6) is 5.88 Å². The predicted molar refractivity (Wildman–Crippen MR) is 57.5 cm³/mol. The number of nitrogens with one attached hydrogen (secondary N) is 1. The van der Waals surface area contributed by atoms with Crippen LogP contribution in [-0.4, -0.2) is 32.4 Å². The molecule has 0 fully saturated rings. The first-order chi connectivity index (χ1) is 8.17. The Balaban J connectivity index is 2.74. The highest BCUT2D eigenvalue weighted by molar-refractivity contribution is 7.88. The molecule has 0 aliphatic carbocycles. The number of rotatable bonds is 5. The Morgan fingerprint density at radius 3 is 2.67 bits per heavy atom. The zero-order valence-corrected chi connectivity index (χ0v) is 10.2. The van der Waals surface area contributed by atoms with Gasteiger partial charge in [0.2, 0.25) is 15.9 Å². The Hall–Kier alpha value is -1.35. The molecule has 0 saturated carbocycles. The highest BCUT2D eigenvalue weighted by Gasteiger charge is 2.29. The summed E-state index contributed by atoms with van der Waals surface area (Å²) in [6.45, 7) is -1.66. The molecule has 0 bridgehead atoms. The van der Waals surface area contributed by atoms with Crippen LogP contribution in [-0.2, 0) is 16.6 Å². The Bertz CT molecular complexity index is 502. The summed E-state index contributed by atoms with van der Waals surface area (Å²) in [7, 11) is -3.44. The monoisotopic (exact) mass is 284 g/mol. The average molecular weight is 284 g/mol. The molecular formula is C9H11F3N2O3S. The number of ether oxygens (including phenoxy) is 1. The van der Waals surface area contributed by atoms with E-state index < -0.39 is 22.8 Å². The van der Waals surface area contributed by atoms with Crippen LogP contribution in [0.4, 0.5) is 13.2 Å². The van der Waals surface area contributed by atoms with E-state index in [4.69, 9.17) is 0 Å². The van der Waals surface area contributed by atoms with Crippen molar-refractivity contribution in [3.05, 3.63) is 23.9 Å². The van der Waals surface area contributed by atoms with E-state index in [2.05, 4.69) is 14.4 Å². The largest absolute Gasteiger partial charge is 0.468 e. The number of halogens is 3. The maximum absolute atomic E-state index is 12.0. The van der Waals surface area contributed by atoms with Gasteiger partial charge in [0.15, 0.2) is 6.61 Å². The van der Waals surface area contributed by atoms with E-state index in [1.165, 1.54) is 18.3 Å². The van der Waals surface area contributed by atoms with Crippen molar-refractivity contribution in [3.8, 4) is 5.88 Å². The van der Waals surface area contributed by atoms with Gasteiger partial charge in [-0.1, -0.05) is 6.07 Å². The molecule has 102 valence electrons. The second-order valence-electron chi connectivity index (χ2n) is 3.46. The molecule has 5 nitrogen and oxygen atoms in total. The maximum atomic E-state index is 12.0. The van der Waals surface area contributed by atoms with Crippen LogP contribution in [0, 0.1) is 0 Å². The lowest BCUT2D eigenvalue weighted by Gasteiger charge is -2.11. The summed E-state index contributed by atoms with van der Waals surface area (Å²) in [6, 6.07) is 2.90. The molecule has 0 aliphatic rings. The van der Waals surface area contributed by atoms with Crippen LogP contribution in [0.3, 0.4) is 0 Å². The molecule has 1 aromatic heterocycles. The zero-order chi connectivity index (χ0) is 13.8. The summed E-state index contributed by atoms with van der Waals surface area (Å²) >= 11 is 0. The van der Waals surface area contributed by atoms with E-state index in [0.717, 1.165) is 6.26 Å². The van der Waals surface area contributed by atoms with Gasteiger partial charge in [0.1, 0.15) is 0 Å². The molecule has 1 aromatic rings. The third-order valence-electron chi connectivity index (χ3n) is 1.75. The Labute approximate surface area is 102 Å². The standard InChI is InChI=1S/C9H11F3N2O3S/c1-18(15,16)14-5-7-3-2-4-13-8(7)17-6-9(10,11)12/h2-4,14H,5-6H2,1H3. The minimum Gasteiger partial charge on any atom is -0.468 e. The van der Waals surface area contributed by atoms with E-state index in [0.29, 0.717) is 0 Å². The highest BCUT2D eigenvalue weighted by atomic mass is 32.2. The van der Waals surface area contributed by atoms with Gasteiger partial charge in [0.25, 0.3) is 0 Å². The van der Waals surface area contributed by atoms with Gasteiger partial charge in [-0.15, -0.1) is 0 Å². The molecule has 1 N–H and O–H groups in total. The van der Waals surface area contributed by atoms with Gasteiger partial charge in [0.05, 0.1) is 6.26 Å². The number of sulfonamides is 1. The van der Waals surface area contributed by atoms with Crippen LogP contribution in [0.1, 0.15) is 5.56 Å². The summed E-state index contributed by atoms with van der Waals surface area (Å²) in [6.07, 6.45) is -2.27. The smallest absolute Gasteiger partial charge is 0.422 e. The normalized spacial score (nSPS) is 12.4. The molecule has 0 amide bonds. The average Bonchev–Trinajstić information content (AvgIpc) is 2.22. The first-order valence-corrected chi connectivity index (χ1v) is 6.64. The Morgan fingerprint density at radius 1 is 1.44 bits per heavy atom. The first kappa shape index (κ1) is 14.7. The molecule has 1 heterocycles. The van der Waals surface area contributed by atoms with Crippen LogP contribution >= 0.6 is 0 Å². The molecule has 0 radical (unpaired) electrons. The van der Waals surface area contributed by atoms with Crippen molar-refractivity contribution in [2.24, 2.45) is 0 Å². The van der Waals surface area contributed by atoms with Gasteiger partial charge in [-0.25, -0.2) is 18.1 Å². The van der Waals surface area contributed by atoms with E-state index in [1.807, 2.05) is 0 Å². The number of hydrogen-bond donors (Lipinski definition) is 1. The molecule has 0 unspecified atom stereocenters. The Morgan fingerprint density at radius 2 is 2.11 bits per heavy atom.